The van der Waals surface area contributed by atoms with Crippen LogP contribution in [0.15, 0.2) is 29.6 Å². The molecule has 3 rings (SSSR count). The van der Waals surface area contributed by atoms with Crippen molar-refractivity contribution in [2.24, 2.45) is 0 Å². The maximum atomic E-state index is 10.0. The maximum Gasteiger partial charge on any atom is 0.0897 e. The van der Waals surface area contributed by atoms with Crippen LogP contribution >= 0.6 is 11.3 Å². The van der Waals surface area contributed by atoms with E-state index < -0.39 is 0 Å². The second-order valence-electron chi connectivity index (χ2n) is 5.48. The molecule has 1 aromatic carbocycles. The lowest BCUT2D eigenvalue weighted by Crippen LogP contribution is -2.37. The van der Waals surface area contributed by atoms with Crippen molar-refractivity contribution in [3.8, 4) is 0 Å². The van der Waals surface area contributed by atoms with Gasteiger partial charge in [0.2, 0.25) is 0 Å². The molecule has 100 valence electrons. The van der Waals surface area contributed by atoms with Gasteiger partial charge >= 0.3 is 0 Å². The van der Waals surface area contributed by atoms with E-state index in [1.54, 1.807) is 11.3 Å². The predicted molar refractivity (Wildman–Crippen MR) is 78.7 cm³/mol. The van der Waals surface area contributed by atoms with E-state index in [9.17, 15) is 5.11 Å². The molecule has 1 aromatic heterocycles. The van der Waals surface area contributed by atoms with E-state index in [1.165, 1.54) is 11.1 Å². The lowest BCUT2D eigenvalue weighted by molar-refractivity contribution is 0.172. The molecular weight excluding hydrogens is 254 g/mol. The predicted octanol–water partition coefficient (Wildman–Crippen LogP) is 3.26. The molecule has 0 radical (unpaired) electrons. The summed E-state index contributed by atoms with van der Waals surface area (Å²) in [5, 5.41) is 13.3. The van der Waals surface area contributed by atoms with E-state index in [0.29, 0.717) is 0 Å². The van der Waals surface area contributed by atoms with Gasteiger partial charge in [-0.1, -0.05) is 24.3 Å². The van der Waals surface area contributed by atoms with Gasteiger partial charge in [0.15, 0.2) is 0 Å². The highest BCUT2D eigenvalue weighted by Gasteiger charge is 2.36. The Morgan fingerprint density at radius 1 is 1.37 bits per heavy atom. The van der Waals surface area contributed by atoms with Crippen molar-refractivity contribution in [3.05, 3.63) is 51.5 Å². The molecular formula is C16H19NOS. The summed E-state index contributed by atoms with van der Waals surface area (Å²) in [5.41, 5.74) is 3.72. The Labute approximate surface area is 118 Å². The van der Waals surface area contributed by atoms with Crippen LogP contribution in [0.4, 0.5) is 0 Å². The Balaban J connectivity index is 2.00. The van der Waals surface area contributed by atoms with Crippen LogP contribution in [0.1, 0.15) is 34.7 Å². The van der Waals surface area contributed by atoms with E-state index in [1.807, 2.05) is 6.92 Å². The molecule has 0 amide bonds. The van der Waals surface area contributed by atoms with E-state index in [-0.39, 0.29) is 12.0 Å². The fraction of sp³-hybridized carbons (Fsp3) is 0.438. The van der Waals surface area contributed by atoms with Gasteiger partial charge in [-0.25, -0.2) is 4.98 Å². The van der Waals surface area contributed by atoms with Crippen molar-refractivity contribution in [1.29, 1.82) is 0 Å². The molecule has 19 heavy (non-hydrogen) atoms. The number of fused-ring (bicyclic) bond motifs is 1. The average Bonchev–Trinajstić information content (AvgIpc) is 2.84. The summed E-state index contributed by atoms with van der Waals surface area (Å²) in [6.07, 6.45) is 4.19. The highest BCUT2D eigenvalue weighted by molar-refractivity contribution is 7.09. The van der Waals surface area contributed by atoms with Gasteiger partial charge in [0.1, 0.15) is 0 Å². The molecule has 1 aliphatic carbocycles. The summed E-state index contributed by atoms with van der Waals surface area (Å²) in [5.74, 6) is 0. The number of aromatic nitrogens is 1. The fourth-order valence-corrected chi connectivity index (χ4v) is 3.86. The Morgan fingerprint density at radius 2 is 2.21 bits per heavy atom. The largest absolute Gasteiger partial charge is 0.395 e. The molecule has 3 heteroatoms. The van der Waals surface area contributed by atoms with Gasteiger partial charge in [-0.2, -0.15) is 0 Å². The Bertz CT molecular complexity index is 578. The number of hydrogen-bond donors (Lipinski definition) is 1. The number of rotatable bonds is 3. The normalized spacial score (nSPS) is 22.2. The van der Waals surface area contributed by atoms with Crippen molar-refractivity contribution in [2.75, 3.05) is 6.61 Å². The number of benzene rings is 1. The Morgan fingerprint density at radius 3 is 2.95 bits per heavy atom. The lowest BCUT2D eigenvalue weighted by atomic mass is 9.68. The minimum atomic E-state index is -0.130. The monoisotopic (exact) mass is 273 g/mol. The number of thiazole rings is 1. The first kappa shape index (κ1) is 12.8. The Hall–Kier alpha value is -1.19. The van der Waals surface area contributed by atoms with Gasteiger partial charge in [0.05, 0.1) is 17.3 Å². The van der Waals surface area contributed by atoms with Crippen molar-refractivity contribution in [1.82, 2.24) is 4.98 Å². The summed E-state index contributed by atoms with van der Waals surface area (Å²) in [6, 6.07) is 8.56. The number of aryl methyl sites for hydroxylation is 2. The van der Waals surface area contributed by atoms with Crippen LogP contribution in [0.5, 0.6) is 0 Å². The van der Waals surface area contributed by atoms with Crippen molar-refractivity contribution in [3.63, 3.8) is 0 Å². The van der Waals surface area contributed by atoms with E-state index in [4.69, 9.17) is 0 Å². The summed E-state index contributed by atoms with van der Waals surface area (Å²) in [4.78, 5) is 4.58. The van der Waals surface area contributed by atoms with Crippen LogP contribution in [0.2, 0.25) is 0 Å². The van der Waals surface area contributed by atoms with Gasteiger partial charge in [-0.3, -0.25) is 0 Å². The molecule has 1 aliphatic rings. The van der Waals surface area contributed by atoms with Gasteiger partial charge in [-0.05, 0) is 37.3 Å². The second kappa shape index (κ2) is 5.06. The second-order valence-corrected chi connectivity index (χ2v) is 6.55. The number of aliphatic hydroxyl groups is 1. The zero-order valence-electron chi connectivity index (χ0n) is 11.2. The first-order valence-corrected chi connectivity index (χ1v) is 7.72. The molecule has 1 unspecified atom stereocenters. The zero-order chi connectivity index (χ0) is 13.3. The molecule has 1 atom stereocenters. The van der Waals surface area contributed by atoms with Crippen LogP contribution in [-0.2, 0) is 18.3 Å². The first-order chi connectivity index (χ1) is 9.23. The minimum Gasteiger partial charge on any atom is -0.395 e. The molecule has 0 saturated heterocycles. The molecule has 0 aliphatic heterocycles. The number of nitrogens with zero attached hydrogens (tertiary/aromatic N) is 1. The van der Waals surface area contributed by atoms with Crippen LogP contribution in [0.3, 0.4) is 0 Å². The molecule has 1 heterocycles. The van der Waals surface area contributed by atoms with Crippen LogP contribution in [0.25, 0.3) is 0 Å². The van der Waals surface area contributed by atoms with Crippen molar-refractivity contribution < 1.29 is 5.11 Å². The van der Waals surface area contributed by atoms with Crippen LogP contribution in [-0.4, -0.2) is 16.7 Å². The quantitative estimate of drug-likeness (QED) is 0.931. The maximum absolute atomic E-state index is 10.0. The molecule has 1 N–H and O–H groups in total. The van der Waals surface area contributed by atoms with Gasteiger partial charge < -0.3 is 5.11 Å². The molecule has 2 nitrogen and oxygen atoms in total. The third-order valence-electron chi connectivity index (χ3n) is 4.18. The third-order valence-corrected chi connectivity index (χ3v) is 5.00. The minimum absolute atomic E-state index is 0.130. The molecule has 0 spiro atoms. The smallest absolute Gasteiger partial charge is 0.0897 e. The van der Waals surface area contributed by atoms with E-state index in [0.717, 1.165) is 36.4 Å². The zero-order valence-corrected chi connectivity index (χ0v) is 12.0. The van der Waals surface area contributed by atoms with E-state index >= 15 is 0 Å². The van der Waals surface area contributed by atoms with Crippen LogP contribution < -0.4 is 0 Å². The molecule has 0 bridgehead atoms. The lowest BCUT2D eigenvalue weighted by Gasteiger charge is -2.37. The summed E-state index contributed by atoms with van der Waals surface area (Å²) < 4.78 is 0. The van der Waals surface area contributed by atoms with Crippen molar-refractivity contribution in [2.45, 2.75) is 38.0 Å². The highest BCUT2D eigenvalue weighted by atomic mass is 32.1. The Kier molecular flexibility index (Phi) is 3.42. The van der Waals surface area contributed by atoms with Crippen molar-refractivity contribution >= 4 is 11.3 Å². The highest BCUT2D eigenvalue weighted by Crippen LogP contribution is 2.39. The molecule has 2 aromatic rings. The van der Waals surface area contributed by atoms with Gasteiger partial charge in [0, 0.05) is 17.2 Å². The fourth-order valence-electron chi connectivity index (χ4n) is 3.25. The average molecular weight is 273 g/mol. The molecule has 0 fully saturated rings. The number of aliphatic hydroxyl groups excluding tert-OH is 1. The SMILES string of the molecule is Cc1nc(CC2(CO)CCCc3ccccc32)cs1. The molecule has 0 saturated carbocycles. The standard InChI is InChI=1S/C16H19NOS/c1-12-17-14(10-19-12)9-16(11-18)8-4-6-13-5-2-3-7-15(13)16/h2-3,5,7,10,18H,4,6,8-9,11H2,1H3. The topological polar surface area (TPSA) is 33.1 Å². The first-order valence-electron chi connectivity index (χ1n) is 6.84. The third kappa shape index (κ3) is 2.33. The van der Waals surface area contributed by atoms with E-state index in [2.05, 4.69) is 34.6 Å². The summed E-state index contributed by atoms with van der Waals surface area (Å²) >= 11 is 1.69. The van der Waals surface area contributed by atoms with Crippen LogP contribution in [0, 0.1) is 6.92 Å². The summed E-state index contributed by atoms with van der Waals surface area (Å²) in [6.45, 7) is 2.25. The number of hydrogen-bond acceptors (Lipinski definition) is 3. The summed E-state index contributed by atoms with van der Waals surface area (Å²) in [7, 11) is 0. The van der Waals surface area contributed by atoms with Gasteiger partial charge in [-0.15, -0.1) is 11.3 Å². The van der Waals surface area contributed by atoms with Gasteiger partial charge in [0.25, 0.3) is 0 Å².